The maximum Gasteiger partial charge on any atom is 0.377 e. The van der Waals surface area contributed by atoms with Crippen LogP contribution in [0.2, 0.25) is 0 Å². The quantitative estimate of drug-likeness (QED) is 0.350. The first-order valence-corrected chi connectivity index (χ1v) is 9.45. The van der Waals surface area contributed by atoms with Crippen molar-refractivity contribution >= 4 is 19.1 Å². The van der Waals surface area contributed by atoms with E-state index in [1.54, 1.807) is 6.07 Å². The number of carbonyl (C=O) groups is 1. The summed E-state index contributed by atoms with van der Waals surface area (Å²) in [5.41, 5.74) is 0. The molecule has 0 fully saturated rings. The van der Waals surface area contributed by atoms with E-state index >= 15 is 0 Å². The van der Waals surface area contributed by atoms with Crippen molar-refractivity contribution in [2.75, 3.05) is 19.4 Å². The first-order chi connectivity index (χ1) is 10.7. The predicted octanol–water partition coefficient (Wildman–Crippen LogP) is 4.05. The molecule has 1 aromatic carbocycles. The molecular formula is C17H26O4P+. The molecular weight excluding hydrogens is 299 g/mol. The fourth-order valence-electron chi connectivity index (χ4n) is 1.79. The van der Waals surface area contributed by atoms with Crippen LogP contribution in [0.1, 0.15) is 46.0 Å². The van der Waals surface area contributed by atoms with E-state index in [4.69, 9.17) is 9.47 Å². The highest BCUT2D eigenvalue weighted by Crippen LogP contribution is 2.23. The van der Waals surface area contributed by atoms with Crippen molar-refractivity contribution in [1.82, 2.24) is 0 Å². The Hall–Kier alpha value is -1.41. The van der Waals surface area contributed by atoms with Crippen molar-refractivity contribution in [3.8, 4) is 5.75 Å². The second-order valence-electron chi connectivity index (χ2n) is 5.13. The highest BCUT2D eigenvalue weighted by Gasteiger charge is 2.22. The van der Waals surface area contributed by atoms with Gasteiger partial charge in [-0.3, -0.25) is 4.79 Å². The summed E-state index contributed by atoms with van der Waals surface area (Å²) in [6.45, 7) is 5.27. The van der Waals surface area contributed by atoms with Crippen LogP contribution in [0.5, 0.6) is 5.75 Å². The number of hydrogen-bond acceptors (Lipinski definition) is 4. The van der Waals surface area contributed by atoms with Crippen molar-refractivity contribution in [3.63, 3.8) is 0 Å². The summed E-state index contributed by atoms with van der Waals surface area (Å²) in [6, 6.07) is 7.31. The number of esters is 1. The van der Waals surface area contributed by atoms with E-state index in [0.29, 0.717) is 19.4 Å². The third kappa shape index (κ3) is 7.56. The molecule has 0 aliphatic carbocycles. The summed E-state index contributed by atoms with van der Waals surface area (Å²) < 4.78 is 22.9. The molecule has 1 rings (SSSR count). The number of ether oxygens (including phenoxy) is 2. The summed E-state index contributed by atoms with van der Waals surface area (Å²) in [6.07, 6.45) is 4.45. The van der Waals surface area contributed by atoms with Gasteiger partial charge in [0, 0.05) is 6.07 Å². The lowest BCUT2D eigenvalue weighted by molar-refractivity contribution is -0.143. The zero-order chi connectivity index (χ0) is 16.2. The Balaban J connectivity index is 2.41. The van der Waals surface area contributed by atoms with Gasteiger partial charge in [-0.05, 0) is 25.0 Å². The molecule has 0 aliphatic rings. The minimum Gasteiger partial charge on any atom is -0.493 e. The van der Waals surface area contributed by atoms with Gasteiger partial charge >= 0.3 is 13.8 Å². The average molecular weight is 325 g/mol. The van der Waals surface area contributed by atoms with Crippen LogP contribution < -0.4 is 10.0 Å². The fourth-order valence-corrected chi connectivity index (χ4v) is 2.95. The lowest BCUT2D eigenvalue weighted by atomic mass is 10.3. The molecule has 4 nitrogen and oxygen atoms in total. The molecule has 22 heavy (non-hydrogen) atoms. The molecule has 1 atom stereocenters. The standard InChI is InChI=1S/C17H26O4P/c1-3-5-11-20-15-8-7-9-16(14-15)22(19)13-10-17(18)21-12-6-4-2/h7-9,14H,3-6,10-13H2,1-2H3/q+1. The molecule has 5 heteroatoms. The van der Waals surface area contributed by atoms with Gasteiger partial charge in [0.2, 0.25) is 0 Å². The average Bonchev–Trinajstić information content (AvgIpc) is 2.53. The van der Waals surface area contributed by atoms with Crippen LogP contribution in [0.4, 0.5) is 0 Å². The van der Waals surface area contributed by atoms with Gasteiger partial charge in [-0.2, -0.15) is 0 Å². The van der Waals surface area contributed by atoms with Crippen molar-refractivity contribution < 1.29 is 18.8 Å². The fraction of sp³-hybridized carbons (Fsp3) is 0.588. The van der Waals surface area contributed by atoms with Gasteiger partial charge in [-0.15, -0.1) is 0 Å². The van der Waals surface area contributed by atoms with E-state index < -0.39 is 7.80 Å². The van der Waals surface area contributed by atoms with Crippen LogP contribution in [0, 0.1) is 0 Å². The summed E-state index contributed by atoms with van der Waals surface area (Å²) in [7, 11) is -1.59. The second kappa shape index (κ2) is 11.2. The first kappa shape index (κ1) is 18.6. The molecule has 0 heterocycles. The topological polar surface area (TPSA) is 52.6 Å². The molecule has 0 saturated heterocycles. The Morgan fingerprint density at radius 1 is 1.14 bits per heavy atom. The lowest BCUT2D eigenvalue weighted by Gasteiger charge is -2.04. The van der Waals surface area contributed by atoms with E-state index in [1.807, 2.05) is 25.1 Å². The molecule has 0 radical (unpaired) electrons. The Morgan fingerprint density at radius 2 is 1.86 bits per heavy atom. The summed E-state index contributed by atoms with van der Waals surface area (Å²) in [4.78, 5) is 11.5. The van der Waals surface area contributed by atoms with Gasteiger partial charge in [0.1, 0.15) is 5.75 Å². The molecule has 0 saturated carbocycles. The maximum atomic E-state index is 12.2. The van der Waals surface area contributed by atoms with Crippen LogP contribution in [-0.2, 0) is 14.1 Å². The van der Waals surface area contributed by atoms with E-state index in [0.717, 1.165) is 36.7 Å². The van der Waals surface area contributed by atoms with Gasteiger partial charge in [0.25, 0.3) is 0 Å². The van der Waals surface area contributed by atoms with Crippen LogP contribution in [0.3, 0.4) is 0 Å². The summed E-state index contributed by atoms with van der Waals surface area (Å²) in [5, 5.41) is 0.727. The number of hydrogen-bond donors (Lipinski definition) is 0. The van der Waals surface area contributed by atoms with Gasteiger partial charge in [-0.25, -0.2) is 0 Å². The number of carbonyl (C=O) groups excluding carboxylic acids is 1. The van der Waals surface area contributed by atoms with Gasteiger partial charge in [-0.1, -0.05) is 37.3 Å². The maximum absolute atomic E-state index is 12.2. The van der Waals surface area contributed by atoms with E-state index in [-0.39, 0.29) is 12.4 Å². The van der Waals surface area contributed by atoms with Crippen LogP contribution >= 0.6 is 7.80 Å². The Kier molecular flexibility index (Phi) is 9.49. The van der Waals surface area contributed by atoms with Gasteiger partial charge in [0.15, 0.2) is 11.5 Å². The highest BCUT2D eigenvalue weighted by molar-refractivity contribution is 7.53. The zero-order valence-electron chi connectivity index (χ0n) is 13.5. The molecule has 0 N–H and O–H groups in total. The number of rotatable bonds is 11. The van der Waals surface area contributed by atoms with Crippen LogP contribution in [0.15, 0.2) is 24.3 Å². The number of benzene rings is 1. The lowest BCUT2D eigenvalue weighted by Crippen LogP contribution is -2.08. The first-order valence-electron chi connectivity index (χ1n) is 8.00. The van der Waals surface area contributed by atoms with Crippen molar-refractivity contribution in [3.05, 3.63) is 24.3 Å². The third-order valence-electron chi connectivity index (χ3n) is 3.15. The Morgan fingerprint density at radius 3 is 2.59 bits per heavy atom. The van der Waals surface area contributed by atoms with E-state index in [9.17, 15) is 9.36 Å². The van der Waals surface area contributed by atoms with Crippen molar-refractivity contribution in [1.29, 1.82) is 0 Å². The Labute approximate surface area is 134 Å². The van der Waals surface area contributed by atoms with E-state index in [2.05, 4.69) is 6.92 Å². The largest absolute Gasteiger partial charge is 0.493 e. The summed E-state index contributed by atoms with van der Waals surface area (Å²) >= 11 is 0. The minimum absolute atomic E-state index is 0.194. The second-order valence-corrected chi connectivity index (χ2v) is 6.85. The highest BCUT2D eigenvalue weighted by atomic mass is 31.1. The molecule has 0 aliphatic heterocycles. The monoisotopic (exact) mass is 325 g/mol. The smallest absolute Gasteiger partial charge is 0.377 e. The Bertz CT molecular complexity index is 473. The molecule has 0 amide bonds. The third-order valence-corrected chi connectivity index (χ3v) is 4.64. The minimum atomic E-state index is -1.59. The normalized spacial score (nSPS) is 11.1. The predicted molar refractivity (Wildman–Crippen MR) is 89.4 cm³/mol. The molecule has 122 valence electrons. The van der Waals surface area contributed by atoms with Crippen LogP contribution in [-0.4, -0.2) is 25.3 Å². The van der Waals surface area contributed by atoms with E-state index in [1.165, 1.54) is 0 Å². The number of unbranched alkanes of at least 4 members (excludes halogenated alkanes) is 2. The van der Waals surface area contributed by atoms with Gasteiger partial charge in [0.05, 0.1) is 19.6 Å². The molecule has 0 spiro atoms. The van der Waals surface area contributed by atoms with Crippen molar-refractivity contribution in [2.45, 2.75) is 46.0 Å². The molecule has 0 aromatic heterocycles. The summed E-state index contributed by atoms with van der Waals surface area (Å²) in [5.74, 6) is 0.465. The molecule has 0 bridgehead atoms. The van der Waals surface area contributed by atoms with Crippen molar-refractivity contribution in [2.24, 2.45) is 0 Å². The SMILES string of the molecule is CCCCOC(=O)CC[P+](=O)c1cccc(OCCCC)c1. The molecule has 1 aromatic rings. The van der Waals surface area contributed by atoms with Crippen LogP contribution in [0.25, 0.3) is 0 Å². The molecule has 1 unspecified atom stereocenters. The van der Waals surface area contributed by atoms with Gasteiger partial charge < -0.3 is 9.47 Å². The zero-order valence-corrected chi connectivity index (χ0v) is 14.4.